The van der Waals surface area contributed by atoms with Crippen molar-refractivity contribution in [3.63, 3.8) is 0 Å². The van der Waals surface area contributed by atoms with E-state index in [2.05, 4.69) is 0 Å². The van der Waals surface area contributed by atoms with Crippen LogP contribution >= 0.6 is 0 Å². The van der Waals surface area contributed by atoms with Gasteiger partial charge >= 0.3 is 0 Å². The molecule has 0 radical (unpaired) electrons. The molecule has 2 saturated heterocycles. The van der Waals surface area contributed by atoms with E-state index in [1.807, 2.05) is 0 Å². The summed E-state index contributed by atoms with van der Waals surface area (Å²) in [4.78, 5) is 26.7. The number of ketones is 1. The number of hydrogen-bond acceptors (Lipinski definition) is 4. The molecule has 0 spiro atoms. The molecule has 0 aromatic heterocycles. The molecule has 7 heteroatoms. The molecule has 1 aromatic rings. The first-order chi connectivity index (χ1) is 11.4. The monoisotopic (exact) mass is 353 g/mol. The molecule has 0 aliphatic carbocycles. The highest BCUT2D eigenvalue weighted by Gasteiger charge is 2.37. The molecular weight excluding hydrogens is 333 g/mol. The van der Waals surface area contributed by atoms with Gasteiger partial charge in [0.25, 0.3) is 0 Å². The van der Waals surface area contributed by atoms with E-state index in [4.69, 9.17) is 0 Å². The Bertz CT molecular complexity index is 744. The van der Waals surface area contributed by atoms with Crippen LogP contribution in [0, 0.1) is 17.7 Å². The molecule has 0 unspecified atom stereocenters. The zero-order valence-electron chi connectivity index (χ0n) is 13.3. The maximum Gasteiger partial charge on any atom is 0.226 e. The lowest BCUT2D eigenvalue weighted by Gasteiger charge is -2.33. The van der Waals surface area contributed by atoms with Crippen LogP contribution in [0.5, 0.6) is 0 Å². The highest BCUT2D eigenvalue weighted by molar-refractivity contribution is 7.91. The molecule has 1 amide bonds. The standard InChI is InChI=1S/C17H20FNO4S/c18-15-5-3-12(4-6-15)16(20)13-2-1-8-19(10-13)17(21)14-7-9-24(22,23)11-14/h3-6,13-14H,1-2,7-11H2/t13-,14+/m0/s1. The molecule has 24 heavy (non-hydrogen) atoms. The topological polar surface area (TPSA) is 71.5 Å². The molecular formula is C17H20FNO4S. The van der Waals surface area contributed by atoms with E-state index in [1.165, 1.54) is 24.3 Å². The number of carbonyl (C=O) groups is 2. The number of piperidine rings is 1. The minimum Gasteiger partial charge on any atom is -0.342 e. The molecule has 2 aliphatic heterocycles. The number of nitrogens with zero attached hydrogens (tertiary/aromatic N) is 1. The maximum absolute atomic E-state index is 13.0. The molecule has 3 rings (SSSR count). The van der Waals surface area contributed by atoms with Gasteiger partial charge in [-0.1, -0.05) is 0 Å². The van der Waals surface area contributed by atoms with Crippen LogP contribution in [0.3, 0.4) is 0 Å². The molecule has 2 fully saturated rings. The average Bonchev–Trinajstić information content (AvgIpc) is 2.94. The number of Topliss-reactive ketones (excluding diaryl/α,β-unsaturated/α-hetero) is 1. The molecule has 0 bridgehead atoms. The second-order valence-electron chi connectivity index (χ2n) is 6.59. The van der Waals surface area contributed by atoms with E-state index in [-0.39, 0.29) is 29.1 Å². The van der Waals surface area contributed by atoms with Gasteiger partial charge in [0, 0.05) is 24.6 Å². The normalized spacial score (nSPS) is 26.3. The number of sulfone groups is 1. The number of rotatable bonds is 3. The third-order valence-electron chi connectivity index (χ3n) is 4.81. The Morgan fingerprint density at radius 2 is 1.79 bits per heavy atom. The summed E-state index contributed by atoms with van der Waals surface area (Å²) in [5, 5.41) is 0. The third kappa shape index (κ3) is 3.66. The van der Waals surface area contributed by atoms with Gasteiger partial charge in [0.1, 0.15) is 5.82 Å². The largest absolute Gasteiger partial charge is 0.342 e. The fourth-order valence-corrected chi connectivity index (χ4v) is 5.22. The van der Waals surface area contributed by atoms with E-state index in [1.54, 1.807) is 4.90 Å². The Morgan fingerprint density at radius 1 is 1.08 bits per heavy atom. The summed E-state index contributed by atoms with van der Waals surface area (Å²) in [5.74, 6) is -1.46. The van der Waals surface area contributed by atoms with Gasteiger partial charge in [0.15, 0.2) is 15.6 Å². The van der Waals surface area contributed by atoms with Crippen LogP contribution in [0.2, 0.25) is 0 Å². The van der Waals surface area contributed by atoms with Gasteiger partial charge in [-0.25, -0.2) is 12.8 Å². The smallest absolute Gasteiger partial charge is 0.226 e. The highest BCUT2D eigenvalue weighted by Crippen LogP contribution is 2.26. The predicted octanol–water partition coefficient (Wildman–Crippen LogP) is 1.68. The van der Waals surface area contributed by atoms with Gasteiger partial charge < -0.3 is 4.90 Å². The number of likely N-dealkylation sites (tertiary alicyclic amines) is 1. The first-order valence-corrected chi connectivity index (χ1v) is 9.97. The Hall–Kier alpha value is -1.76. The van der Waals surface area contributed by atoms with Crippen molar-refractivity contribution in [1.29, 1.82) is 0 Å². The zero-order valence-corrected chi connectivity index (χ0v) is 14.1. The molecule has 1 aromatic carbocycles. The predicted molar refractivity (Wildman–Crippen MR) is 86.8 cm³/mol. The van der Waals surface area contributed by atoms with E-state index >= 15 is 0 Å². The summed E-state index contributed by atoms with van der Waals surface area (Å²) in [7, 11) is -3.11. The van der Waals surface area contributed by atoms with E-state index in [9.17, 15) is 22.4 Å². The second-order valence-corrected chi connectivity index (χ2v) is 8.82. The van der Waals surface area contributed by atoms with Crippen molar-refractivity contribution in [1.82, 2.24) is 4.90 Å². The fraction of sp³-hybridized carbons (Fsp3) is 0.529. The summed E-state index contributed by atoms with van der Waals surface area (Å²) < 4.78 is 36.1. The lowest BCUT2D eigenvalue weighted by atomic mass is 9.89. The van der Waals surface area contributed by atoms with Crippen molar-refractivity contribution in [3.05, 3.63) is 35.6 Å². The lowest BCUT2D eigenvalue weighted by molar-refractivity contribution is -0.136. The number of carbonyl (C=O) groups excluding carboxylic acids is 2. The Morgan fingerprint density at radius 3 is 2.42 bits per heavy atom. The second kappa shape index (κ2) is 6.63. The van der Waals surface area contributed by atoms with Gasteiger partial charge in [-0.3, -0.25) is 9.59 Å². The Labute approximate surface area is 140 Å². The summed E-state index contributed by atoms with van der Waals surface area (Å²) in [6, 6.07) is 5.43. The highest BCUT2D eigenvalue weighted by atomic mass is 32.2. The van der Waals surface area contributed by atoms with Crippen LogP contribution in [-0.2, 0) is 14.6 Å². The molecule has 0 saturated carbocycles. The van der Waals surface area contributed by atoms with Gasteiger partial charge in [0.05, 0.1) is 17.4 Å². The first kappa shape index (κ1) is 17.1. The average molecular weight is 353 g/mol. The van der Waals surface area contributed by atoms with Crippen molar-refractivity contribution in [3.8, 4) is 0 Å². The Kier molecular flexibility index (Phi) is 4.71. The molecule has 2 heterocycles. The van der Waals surface area contributed by atoms with Gasteiger partial charge in [0.2, 0.25) is 5.91 Å². The van der Waals surface area contributed by atoms with Gasteiger partial charge in [-0.15, -0.1) is 0 Å². The van der Waals surface area contributed by atoms with E-state index < -0.39 is 21.6 Å². The van der Waals surface area contributed by atoms with Crippen LogP contribution < -0.4 is 0 Å². The fourth-order valence-electron chi connectivity index (χ4n) is 3.49. The number of halogens is 1. The first-order valence-electron chi connectivity index (χ1n) is 8.15. The summed E-state index contributed by atoms with van der Waals surface area (Å²) >= 11 is 0. The lowest BCUT2D eigenvalue weighted by Crippen LogP contribution is -2.45. The summed E-state index contributed by atoms with van der Waals surface area (Å²) in [5.41, 5.74) is 0.444. The molecule has 5 nitrogen and oxygen atoms in total. The van der Waals surface area contributed by atoms with Crippen molar-refractivity contribution >= 4 is 21.5 Å². The van der Waals surface area contributed by atoms with Crippen molar-refractivity contribution in [2.45, 2.75) is 19.3 Å². The minimum atomic E-state index is -3.11. The SMILES string of the molecule is O=C(c1ccc(F)cc1)[C@H]1CCCN(C(=O)[C@@H]2CCS(=O)(=O)C2)C1. The summed E-state index contributed by atoms with van der Waals surface area (Å²) in [6.07, 6.45) is 1.76. The molecule has 130 valence electrons. The summed E-state index contributed by atoms with van der Waals surface area (Å²) in [6.45, 7) is 0.869. The third-order valence-corrected chi connectivity index (χ3v) is 6.58. The van der Waals surface area contributed by atoms with Crippen LogP contribution in [0.1, 0.15) is 29.6 Å². The van der Waals surface area contributed by atoms with Crippen molar-refractivity contribution in [2.24, 2.45) is 11.8 Å². The number of hydrogen-bond donors (Lipinski definition) is 0. The van der Waals surface area contributed by atoms with Crippen LogP contribution in [0.25, 0.3) is 0 Å². The molecule has 2 aliphatic rings. The van der Waals surface area contributed by atoms with E-state index in [0.717, 1.165) is 0 Å². The zero-order chi connectivity index (χ0) is 17.3. The molecule has 0 N–H and O–H groups in total. The van der Waals surface area contributed by atoms with Crippen LogP contribution in [0.4, 0.5) is 4.39 Å². The number of amides is 1. The Balaban J connectivity index is 1.67. The molecule has 2 atom stereocenters. The van der Waals surface area contributed by atoms with Gasteiger partial charge in [-0.2, -0.15) is 0 Å². The van der Waals surface area contributed by atoms with Crippen molar-refractivity contribution < 1.29 is 22.4 Å². The van der Waals surface area contributed by atoms with Gasteiger partial charge in [-0.05, 0) is 43.5 Å². The van der Waals surface area contributed by atoms with E-state index in [0.29, 0.717) is 37.9 Å². The van der Waals surface area contributed by atoms with Crippen molar-refractivity contribution in [2.75, 3.05) is 24.6 Å². The van der Waals surface area contributed by atoms with Crippen LogP contribution in [0.15, 0.2) is 24.3 Å². The maximum atomic E-state index is 13.0. The number of benzene rings is 1. The minimum absolute atomic E-state index is 0.0647. The van der Waals surface area contributed by atoms with Crippen LogP contribution in [-0.4, -0.2) is 49.6 Å². The quantitative estimate of drug-likeness (QED) is 0.775.